The zero-order valence-corrected chi connectivity index (χ0v) is 34.2. The standard InChI is InChI=1S/C46H89NO4/c1-3-5-7-9-11-13-15-17-19-21-22-23-25-26-28-30-32-34-36-38-40-44(49)46(51)43(42-48)47-45(50)41-39-37-35-33-31-29-27-24-20-18-16-14-12-10-8-6-4-2/h25-26,32,34,43-44,46,48-49,51H,3-24,27-31,33,35-42H2,1-2H3,(H,47,50)/b26-25+,34-32+. The van der Waals surface area contributed by atoms with Crippen molar-refractivity contribution in [3.8, 4) is 0 Å². The number of allylic oxidation sites excluding steroid dienone is 4. The predicted octanol–water partition coefficient (Wildman–Crippen LogP) is 13.0. The fraction of sp³-hybridized carbons (Fsp3) is 0.891. The number of aliphatic hydroxyl groups excluding tert-OH is 3. The summed E-state index contributed by atoms with van der Waals surface area (Å²) in [5, 5.41) is 33.5. The normalized spacial score (nSPS) is 13.7. The fourth-order valence-electron chi connectivity index (χ4n) is 7.00. The van der Waals surface area contributed by atoms with Crippen LogP contribution < -0.4 is 5.32 Å². The van der Waals surface area contributed by atoms with Gasteiger partial charge < -0.3 is 20.6 Å². The molecular weight excluding hydrogens is 631 g/mol. The number of aliphatic hydroxyl groups is 3. The molecule has 0 aromatic heterocycles. The molecule has 1 amide bonds. The molecule has 0 radical (unpaired) electrons. The average molecular weight is 720 g/mol. The SMILES string of the molecule is CCCCCCCCCCCCC/C=C/CC/C=C/CCCC(O)C(O)C(CO)NC(=O)CCCCCCCCCCCCCCCCCCC. The Hall–Kier alpha value is -1.17. The van der Waals surface area contributed by atoms with E-state index in [1.165, 1.54) is 167 Å². The summed E-state index contributed by atoms with van der Waals surface area (Å²) in [4.78, 5) is 12.4. The smallest absolute Gasteiger partial charge is 0.220 e. The van der Waals surface area contributed by atoms with Crippen LogP contribution in [0.5, 0.6) is 0 Å². The minimum absolute atomic E-state index is 0.156. The molecule has 0 saturated heterocycles. The van der Waals surface area contributed by atoms with Gasteiger partial charge in [0.1, 0.15) is 6.10 Å². The van der Waals surface area contributed by atoms with Gasteiger partial charge in [-0.05, 0) is 51.4 Å². The second kappa shape index (κ2) is 41.6. The number of carbonyl (C=O) groups is 1. The van der Waals surface area contributed by atoms with Crippen molar-refractivity contribution in [2.75, 3.05) is 6.61 Å². The van der Waals surface area contributed by atoms with E-state index in [9.17, 15) is 20.1 Å². The topological polar surface area (TPSA) is 89.8 Å². The number of unbranched alkanes of at least 4 members (excludes halogenated alkanes) is 29. The lowest BCUT2D eigenvalue weighted by Crippen LogP contribution is -2.50. The van der Waals surface area contributed by atoms with E-state index in [0.717, 1.165) is 44.9 Å². The molecule has 0 aliphatic heterocycles. The van der Waals surface area contributed by atoms with Crippen molar-refractivity contribution in [2.24, 2.45) is 0 Å². The Bertz CT molecular complexity index is 754. The number of rotatable bonds is 41. The largest absolute Gasteiger partial charge is 0.394 e. The minimum Gasteiger partial charge on any atom is -0.394 e. The summed E-state index contributed by atoms with van der Waals surface area (Å²) in [6.07, 6.45) is 50.0. The van der Waals surface area contributed by atoms with Gasteiger partial charge in [-0.25, -0.2) is 0 Å². The summed E-state index contributed by atoms with van der Waals surface area (Å²) >= 11 is 0. The third-order valence-corrected chi connectivity index (χ3v) is 10.5. The molecule has 0 saturated carbocycles. The van der Waals surface area contributed by atoms with Crippen LogP contribution in [0.3, 0.4) is 0 Å². The van der Waals surface area contributed by atoms with Crippen LogP contribution >= 0.6 is 0 Å². The summed E-state index contributed by atoms with van der Waals surface area (Å²) in [7, 11) is 0. The summed E-state index contributed by atoms with van der Waals surface area (Å²) < 4.78 is 0. The Morgan fingerprint density at radius 2 is 0.804 bits per heavy atom. The first-order chi connectivity index (χ1) is 25.1. The molecule has 5 nitrogen and oxygen atoms in total. The molecule has 3 unspecified atom stereocenters. The Balaban J connectivity index is 3.67. The molecule has 0 spiro atoms. The van der Waals surface area contributed by atoms with E-state index in [2.05, 4.69) is 43.5 Å². The monoisotopic (exact) mass is 720 g/mol. The summed E-state index contributed by atoms with van der Waals surface area (Å²) in [5.41, 5.74) is 0. The van der Waals surface area contributed by atoms with Gasteiger partial charge in [0.15, 0.2) is 0 Å². The van der Waals surface area contributed by atoms with Crippen LogP contribution in [0, 0.1) is 0 Å². The molecule has 302 valence electrons. The lowest BCUT2D eigenvalue weighted by molar-refractivity contribution is -0.124. The molecule has 0 aliphatic carbocycles. The van der Waals surface area contributed by atoms with E-state index in [1.807, 2.05) is 0 Å². The molecule has 0 bridgehead atoms. The van der Waals surface area contributed by atoms with Gasteiger partial charge in [-0.1, -0.05) is 205 Å². The highest BCUT2D eigenvalue weighted by Crippen LogP contribution is 2.16. The van der Waals surface area contributed by atoms with Gasteiger partial charge in [0, 0.05) is 6.42 Å². The zero-order chi connectivity index (χ0) is 37.3. The maximum Gasteiger partial charge on any atom is 0.220 e. The molecule has 5 heteroatoms. The van der Waals surface area contributed by atoms with Gasteiger partial charge in [0.25, 0.3) is 0 Å². The molecule has 0 aliphatic rings. The predicted molar refractivity (Wildman–Crippen MR) is 222 cm³/mol. The zero-order valence-electron chi connectivity index (χ0n) is 34.2. The van der Waals surface area contributed by atoms with E-state index in [1.54, 1.807) is 0 Å². The Morgan fingerprint density at radius 3 is 1.20 bits per heavy atom. The van der Waals surface area contributed by atoms with Gasteiger partial charge in [-0.3, -0.25) is 4.79 Å². The number of amides is 1. The van der Waals surface area contributed by atoms with Crippen molar-refractivity contribution >= 4 is 5.91 Å². The van der Waals surface area contributed by atoms with E-state index >= 15 is 0 Å². The number of hydrogen-bond donors (Lipinski definition) is 4. The van der Waals surface area contributed by atoms with Gasteiger partial charge in [0.2, 0.25) is 5.91 Å². The van der Waals surface area contributed by atoms with Gasteiger partial charge in [-0.2, -0.15) is 0 Å². The first kappa shape index (κ1) is 49.8. The Morgan fingerprint density at radius 1 is 0.471 bits per heavy atom. The Labute approximate surface area is 318 Å². The van der Waals surface area contributed by atoms with Crippen LogP contribution in [0.4, 0.5) is 0 Å². The molecule has 0 rings (SSSR count). The van der Waals surface area contributed by atoms with Crippen molar-refractivity contribution in [3.63, 3.8) is 0 Å². The van der Waals surface area contributed by atoms with Crippen molar-refractivity contribution in [1.29, 1.82) is 0 Å². The number of hydrogen-bond acceptors (Lipinski definition) is 4. The second-order valence-corrected chi connectivity index (χ2v) is 15.6. The highest BCUT2D eigenvalue weighted by molar-refractivity contribution is 5.76. The van der Waals surface area contributed by atoms with Crippen LogP contribution in [0.25, 0.3) is 0 Å². The molecule has 0 heterocycles. The lowest BCUT2D eigenvalue weighted by atomic mass is 10.0. The summed E-state index contributed by atoms with van der Waals surface area (Å²) in [6.45, 7) is 4.18. The molecule has 0 fully saturated rings. The minimum atomic E-state index is -1.16. The molecule has 51 heavy (non-hydrogen) atoms. The third kappa shape index (κ3) is 37.0. The quantitative estimate of drug-likeness (QED) is 0.0374. The number of nitrogens with one attached hydrogen (secondary N) is 1. The van der Waals surface area contributed by atoms with E-state index in [0.29, 0.717) is 12.8 Å². The maximum absolute atomic E-state index is 12.4. The average Bonchev–Trinajstić information content (AvgIpc) is 3.13. The van der Waals surface area contributed by atoms with E-state index in [-0.39, 0.29) is 12.5 Å². The molecular formula is C46H89NO4. The maximum atomic E-state index is 12.4. The fourth-order valence-corrected chi connectivity index (χ4v) is 7.00. The van der Waals surface area contributed by atoms with Crippen molar-refractivity contribution < 1.29 is 20.1 Å². The summed E-state index contributed by atoms with van der Waals surface area (Å²) in [6, 6.07) is -0.828. The molecule has 3 atom stereocenters. The lowest BCUT2D eigenvalue weighted by Gasteiger charge is -2.26. The Kier molecular flexibility index (Phi) is 40.6. The highest BCUT2D eigenvalue weighted by atomic mass is 16.3. The second-order valence-electron chi connectivity index (χ2n) is 15.6. The highest BCUT2D eigenvalue weighted by Gasteiger charge is 2.26. The van der Waals surface area contributed by atoms with E-state index < -0.39 is 18.2 Å². The van der Waals surface area contributed by atoms with Crippen LogP contribution in [-0.4, -0.2) is 46.1 Å². The van der Waals surface area contributed by atoms with Crippen LogP contribution in [0.2, 0.25) is 0 Å². The van der Waals surface area contributed by atoms with E-state index in [4.69, 9.17) is 0 Å². The van der Waals surface area contributed by atoms with Crippen LogP contribution in [0.15, 0.2) is 24.3 Å². The molecule has 0 aromatic rings. The van der Waals surface area contributed by atoms with Crippen molar-refractivity contribution in [1.82, 2.24) is 5.32 Å². The third-order valence-electron chi connectivity index (χ3n) is 10.5. The first-order valence-corrected chi connectivity index (χ1v) is 22.6. The molecule has 4 N–H and O–H groups in total. The summed E-state index contributed by atoms with van der Waals surface area (Å²) in [5.74, 6) is -0.156. The van der Waals surface area contributed by atoms with Crippen molar-refractivity contribution in [3.05, 3.63) is 24.3 Å². The van der Waals surface area contributed by atoms with Crippen LogP contribution in [0.1, 0.15) is 239 Å². The van der Waals surface area contributed by atoms with Crippen LogP contribution in [-0.2, 0) is 4.79 Å². The van der Waals surface area contributed by atoms with Gasteiger partial charge >= 0.3 is 0 Å². The molecule has 0 aromatic carbocycles. The van der Waals surface area contributed by atoms with Crippen molar-refractivity contribution in [2.45, 2.75) is 257 Å². The van der Waals surface area contributed by atoms with Gasteiger partial charge in [0.05, 0.1) is 18.8 Å². The van der Waals surface area contributed by atoms with Gasteiger partial charge in [-0.15, -0.1) is 0 Å². The first-order valence-electron chi connectivity index (χ1n) is 22.6. The number of carbonyl (C=O) groups excluding carboxylic acids is 1.